The number of methoxy groups -OCH3 is 1. The van der Waals surface area contributed by atoms with Crippen molar-refractivity contribution in [3.05, 3.63) is 33.0 Å². The van der Waals surface area contributed by atoms with Gasteiger partial charge in [-0.1, -0.05) is 0 Å². The second-order valence-electron chi connectivity index (χ2n) is 2.95. The highest BCUT2D eigenvalue weighted by molar-refractivity contribution is 5.92. The lowest BCUT2D eigenvalue weighted by Crippen LogP contribution is -2.11. The first-order chi connectivity index (χ1) is 8.42. The van der Waals surface area contributed by atoms with E-state index in [1.165, 1.54) is 6.07 Å². The molecule has 0 fully saturated rings. The lowest BCUT2D eigenvalue weighted by atomic mass is 10.1. The molecule has 0 bridgehead atoms. The molecular weight excluding hydrogens is 252 g/mol. The number of halogens is 2. The monoisotopic (exact) mass is 257 g/mol. The quantitative estimate of drug-likeness (QED) is 0.462. The number of aromatic nitrogens is 1. The number of nitriles is 1. The molecule has 0 unspecified atom stereocenters. The Labute approximate surface area is 98.8 Å². The molecule has 1 rings (SSSR count). The number of hydrogen-bond acceptors (Lipinski definition) is 6. The Morgan fingerprint density at radius 3 is 2.67 bits per heavy atom. The maximum absolute atomic E-state index is 12.7. The van der Waals surface area contributed by atoms with Crippen LogP contribution in [0.25, 0.3) is 0 Å². The predicted molar refractivity (Wildman–Crippen MR) is 51.9 cm³/mol. The molecule has 0 saturated carbocycles. The first kappa shape index (κ1) is 13.4. The van der Waals surface area contributed by atoms with Crippen molar-refractivity contribution < 1.29 is 23.2 Å². The summed E-state index contributed by atoms with van der Waals surface area (Å²) in [6.45, 7) is 0. The highest BCUT2D eigenvalue weighted by Crippen LogP contribution is 2.31. The van der Waals surface area contributed by atoms with E-state index >= 15 is 0 Å². The van der Waals surface area contributed by atoms with E-state index in [0.717, 1.165) is 13.2 Å². The van der Waals surface area contributed by atoms with Crippen LogP contribution in [-0.2, 0) is 4.74 Å². The Morgan fingerprint density at radius 1 is 1.67 bits per heavy atom. The largest absolute Gasteiger partial charge is 0.465 e. The van der Waals surface area contributed by atoms with Gasteiger partial charge in [-0.15, -0.1) is 0 Å². The van der Waals surface area contributed by atoms with E-state index in [4.69, 9.17) is 5.26 Å². The van der Waals surface area contributed by atoms with Crippen molar-refractivity contribution in [2.24, 2.45) is 0 Å². The van der Waals surface area contributed by atoms with Crippen molar-refractivity contribution in [3.8, 4) is 6.07 Å². The molecule has 9 heteroatoms. The third-order valence-corrected chi connectivity index (χ3v) is 1.95. The zero-order valence-corrected chi connectivity index (χ0v) is 8.89. The summed E-state index contributed by atoms with van der Waals surface area (Å²) in [5.74, 6) is -2.43. The number of nitrogens with zero attached hydrogens (tertiary/aromatic N) is 3. The molecule has 0 aromatic carbocycles. The van der Waals surface area contributed by atoms with Gasteiger partial charge in [-0.05, 0) is 9.91 Å². The van der Waals surface area contributed by atoms with Gasteiger partial charge in [-0.2, -0.15) is 5.26 Å². The number of nitro groups is 1. The fraction of sp³-hybridized carbons (Fsp3) is 0.222. The molecule has 0 aliphatic carbocycles. The van der Waals surface area contributed by atoms with Crippen LogP contribution in [-0.4, -0.2) is 23.0 Å². The van der Waals surface area contributed by atoms with Crippen LogP contribution in [0.5, 0.6) is 0 Å². The fourth-order valence-electron chi connectivity index (χ4n) is 1.23. The third-order valence-electron chi connectivity index (χ3n) is 1.95. The zero-order chi connectivity index (χ0) is 13.9. The number of alkyl halides is 2. The molecule has 0 radical (unpaired) electrons. The van der Waals surface area contributed by atoms with Crippen molar-refractivity contribution in [1.82, 2.24) is 4.98 Å². The number of carbonyl (C=O) groups is 1. The van der Waals surface area contributed by atoms with Gasteiger partial charge in [0.25, 0.3) is 12.1 Å². The van der Waals surface area contributed by atoms with Crippen molar-refractivity contribution in [1.29, 1.82) is 5.26 Å². The minimum atomic E-state index is -3.29. The van der Waals surface area contributed by atoms with Gasteiger partial charge in [-0.3, -0.25) is 0 Å². The van der Waals surface area contributed by atoms with Crippen LogP contribution in [0.1, 0.15) is 28.0 Å². The topological polar surface area (TPSA) is 106 Å². The summed E-state index contributed by atoms with van der Waals surface area (Å²) in [4.78, 5) is 23.8. The fourth-order valence-corrected chi connectivity index (χ4v) is 1.23. The average molecular weight is 257 g/mol. The molecule has 94 valence electrons. The highest BCUT2D eigenvalue weighted by atomic mass is 19.3. The molecule has 1 heterocycles. The van der Waals surface area contributed by atoms with Crippen LogP contribution in [0.3, 0.4) is 0 Å². The van der Waals surface area contributed by atoms with Gasteiger partial charge in [-0.25, -0.2) is 13.6 Å². The summed E-state index contributed by atoms with van der Waals surface area (Å²) in [7, 11) is 0.926. The van der Waals surface area contributed by atoms with E-state index in [0.29, 0.717) is 0 Å². The molecule has 0 aliphatic heterocycles. The van der Waals surface area contributed by atoms with Crippen molar-refractivity contribution in [2.75, 3.05) is 7.11 Å². The summed E-state index contributed by atoms with van der Waals surface area (Å²) >= 11 is 0. The minimum absolute atomic E-state index is 0.522. The molecule has 7 nitrogen and oxygen atoms in total. The summed E-state index contributed by atoms with van der Waals surface area (Å²) < 4.78 is 29.7. The Kier molecular flexibility index (Phi) is 3.83. The molecule has 1 aromatic heterocycles. The van der Waals surface area contributed by atoms with Gasteiger partial charge < -0.3 is 14.9 Å². The van der Waals surface area contributed by atoms with E-state index < -0.39 is 40.0 Å². The van der Waals surface area contributed by atoms with Crippen LogP contribution >= 0.6 is 0 Å². The maximum atomic E-state index is 12.7. The number of hydrogen-bond donors (Lipinski definition) is 0. The van der Waals surface area contributed by atoms with Crippen molar-refractivity contribution in [2.45, 2.75) is 6.43 Å². The van der Waals surface area contributed by atoms with Crippen LogP contribution < -0.4 is 0 Å². The maximum Gasteiger partial charge on any atom is 0.374 e. The van der Waals surface area contributed by atoms with E-state index in [9.17, 15) is 23.7 Å². The van der Waals surface area contributed by atoms with Crippen LogP contribution in [0, 0.1) is 21.4 Å². The first-order valence-electron chi connectivity index (χ1n) is 4.38. The molecule has 0 saturated heterocycles. The number of esters is 1. The zero-order valence-electron chi connectivity index (χ0n) is 8.89. The molecule has 18 heavy (non-hydrogen) atoms. The first-order valence-corrected chi connectivity index (χ1v) is 4.38. The standard InChI is InChI=1S/C9H5F2N3O4/c1-18-9(15)5-2-4(3-12)13-8(14(16)17)6(5)7(10)11/h2,7H,1H3. The summed E-state index contributed by atoms with van der Waals surface area (Å²) in [6, 6.07) is 2.16. The summed E-state index contributed by atoms with van der Waals surface area (Å²) in [5.41, 5.74) is -2.43. The van der Waals surface area contributed by atoms with E-state index in [1.807, 2.05) is 0 Å². The summed E-state index contributed by atoms with van der Waals surface area (Å²) in [6.07, 6.45) is -3.29. The highest BCUT2D eigenvalue weighted by Gasteiger charge is 2.32. The summed E-state index contributed by atoms with van der Waals surface area (Å²) in [5, 5.41) is 19.2. The van der Waals surface area contributed by atoms with Crippen molar-refractivity contribution in [3.63, 3.8) is 0 Å². The van der Waals surface area contributed by atoms with Gasteiger partial charge in [0, 0.05) is 6.07 Å². The van der Waals surface area contributed by atoms with Crippen LogP contribution in [0.15, 0.2) is 6.07 Å². The molecule has 1 aromatic rings. The molecule has 0 N–H and O–H groups in total. The lowest BCUT2D eigenvalue weighted by molar-refractivity contribution is -0.391. The number of carbonyl (C=O) groups excluding carboxylic acids is 1. The Balaban J connectivity index is 3.66. The van der Waals surface area contributed by atoms with E-state index in [1.54, 1.807) is 0 Å². The molecule has 0 atom stereocenters. The predicted octanol–water partition coefficient (Wildman–Crippen LogP) is 1.59. The number of ether oxygens (including phenoxy) is 1. The Hall–Kier alpha value is -2.63. The number of pyridine rings is 1. The van der Waals surface area contributed by atoms with Gasteiger partial charge in [0.15, 0.2) is 0 Å². The second-order valence-corrected chi connectivity index (χ2v) is 2.95. The average Bonchev–Trinajstić information content (AvgIpc) is 2.35. The van der Waals surface area contributed by atoms with Crippen molar-refractivity contribution >= 4 is 11.8 Å². The molecule has 0 amide bonds. The molecule has 0 spiro atoms. The lowest BCUT2D eigenvalue weighted by Gasteiger charge is -2.06. The van der Waals surface area contributed by atoms with Crippen LogP contribution in [0.4, 0.5) is 14.6 Å². The van der Waals surface area contributed by atoms with Gasteiger partial charge in [0.2, 0.25) is 0 Å². The van der Waals surface area contributed by atoms with E-state index in [-0.39, 0.29) is 0 Å². The van der Waals surface area contributed by atoms with Gasteiger partial charge in [0.1, 0.15) is 11.6 Å². The van der Waals surface area contributed by atoms with Gasteiger partial charge >= 0.3 is 11.8 Å². The third kappa shape index (κ3) is 2.37. The normalized spacial score (nSPS) is 9.94. The van der Waals surface area contributed by atoms with Crippen LogP contribution in [0.2, 0.25) is 0 Å². The Bertz CT molecular complexity index is 553. The van der Waals surface area contributed by atoms with Gasteiger partial charge in [0.05, 0.1) is 12.7 Å². The SMILES string of the molecule is COC(=O)c1cc(C#N)nc([N+](=O)[O-])c1C(F)F. The number of rotatable bonds is 3. The minimum Gasteiger partial charge on any atom is -0.465 e. The second kappa shape index (κ2) is 5.13. The molecular formula is C9H5F2N3O4. The Morgan fingerprint density at radius 2 is 2.28 bits per heavy atom. The molecule has 0 aliphatic rings. The smallest absolute Gasteiger partial charge is 0.374 e. The van der Waals surface area contributed by atoms with E-state index in [2.05, 4.69) is 9.72 Å².